The quantitative estimate of drug-likeness (QED) is 0.565. The lowest BCUT2D eigenvalue weighted by molar-refractivity contribution is -0.0124. The molecule has 126 valence electrons. The molecule has 0 saturated heterocycles. The van der Waals surface area contributed by atoms with Gasteiger partial charge in [-0.25, -0.2) is 0 Å². The molecule has 1 heteroatoms. The van der Waals surface area contributed by atoms with Gasteiger partial charge in [0.15, 0.2) is 0 Å². The predicted octanol–water partition coefficient (Wildman–Crippen LogP) is 6.04. The predicted molar refractivity (Wildman–Crippen MR) is 95.9 cm³/mol. The Balaban J connectivity index is 1.68. The van der Waals surface area contributed by atoms with Crippen molar-refractivity contribution in [2.45, 2.75) is 65.7 Å². The van der Waals surface area contributed by atoms with Crippen LogP contribution in [0.2, 0.25) is 0 Å². The normalized spacial score (nSPS) is 45.2. The van der Waals surface area contributed by atoms with Crippen LogP contribution in [0, 0.1) is 28.6 Å². The number of methoxy groups -OCH3 is 1. The third-order valence-corrected chi connectivity index (χ3v) is 8.12. The molecule has 1 saturated carbocycles. The lowest BCUT2D eigenvalue weighted by Crippen LogP contribution is -2.48. The van der Waals surface area contributed by atoms with E-state index in [0.29, 0.717) is 10.8 Å². The van der Waals surface area contributed by atoms with Gasteiger partial charge in [-0.1, -0.05) is 38.5 Å². The maximum Gasteiger partial charge on any atom is 0.0958 e. The summed E-state index contributed by atoms with van der Waals surface area (Å²) in [5.74, 6) is 3.84. The summed E-state index contributed by atoms with van der Waals surface area (Å²) in [4.78, 5) is 0. The lowest BCUT2D eigenvalue weighted by atomic mass is 9.48. The molecule has 1 nitrogen and oxygen atoms in total. The highest BCUT2D eigenvalue weighted by atomic mass is 16.5. The number of rotatable bonds is 2. The summed E-state index contributed by atoms with van der Waals surface area (Å²) in [7, 11) is 1.82. The van der Waals surface area contributed by atoms with Gasteiger partial charge in [0.05, 0.1) is 12.9 Å². The second kappa shape index (κ2) is 5.26. The molecule has 0 radical (unpaired) electrons. The van der Waals surface area contributed by atoms with Crippen LogP contribution in [0.25, 0.3) is 0 Å². The molecular formula is C22H32O. The van der Waals surface area contributed by atoms with Crippen LogP contribution in [0.15, 0.2) is 35.1 Å². The van der Waals surface area contributed by atoms with Crippen LogP contribution in [0.5, 0.6) is 0 Å². The molecule has 23 heavy (non-hydrogen) atoms. The van der Waals surface area contributed by atoms with E-state index in [1.54, 1.807) is 11.1 Å². The van der Waals surface area contributed by atoms with Crippen molar-refractivity contribution in [3.63, 3.8) is 0 Å². The van der Waals surface area contributed by atoms with E-state index in [9.17, 15) is 0 Å². The first-order valence-corrected chi connectivity index (χ1v) is 9.67. The first-order valence-electron chi connectivity index (χ1n) is 9.67. The van der Waals surface area contributed by atoms with Gasteiger partial charge in [-0.2, -0.15) is 0 Å². The summed E-state index contributed by atoms with van der Waals surface area (Å²) >= 11 is 0. The fraction of sp³-hybridized carbons (Fsp3) is 0.727. The smallest absolute Gasteiger partial charge is 0.0958 e. The molecule has 0 bridgehead atoms. The van der Waals surface area contributed by atoms with E-state index in [-0.39, 0.29) is 0 Å². The second-order valence-electron chi connectivity index (χ2n) is 8.78. The molecule has 1 fully saturated rings. The number of ether oxygens (including phenoxy) is 1. The van der Waals surface area contributed by atoms with Gasteiger partial charge >= 0.3 is 0 Å². The van der Waals surface area contributed by atoms with E-state index in [1.807, 2.05) is 7.11 Å². The van der Waals surface area contributed by atoms with Crippen LogP contribution >= 0.6 is 0 Å². The van der Waals surface area contributed by atoms with Gasteiger partial charge in [0.1, 0.15) is 0 Å². The van der Waals surface area contributed by atoms with Crippen molar-refractivity contribution in [1.82, 2.24) is 0 Å². The Kier molecular flexibility index (Phi) is 3.55. The van der Waals surface area contributed by atoms with Gasteiger partial charge in [0, 0.05) is 6.42 Å². The molecule has 3 unspecified atom stereocenters. The first kappa shape index (κ1) is 15.5. The number of fused-ring (bicyclic) bond motifs is 5. The van der Waals surface area contributed by atoms with Crippen molar-refractivity contribution in [3.05, 3.63) is 35.1 Å². The Hall–Kier alpha value is -0.980. The summed E-state index contributed by atoms with van der Waals surface area (Å²) in [6, 6.07) is 0. The summed E-state index contributed by atoms with van der Waals surface area (Å²) < 4.78 is 5.55. The number of hydrogen-bond acceptors (Lipinski definition) is 1. The van der Waals surface area contributed by atoms with Gasteiger partial charge in [0.25, 0.3) is 0 Å². The van der Waals surface area contributed by atoms with Crippen molar-refractivity contribution < 1.29 is 4.74 Å². The zero-order valence-corrected chi connectivity index (χ0v) is 15.3. The SMILES string of the molecule is CCC1=CCC2C3CC=C4C=C(OC)CC[C@]4(C)C3CC[C@]12C. The average molecular weight is 312 g/mol. The van der Waals surface area contributed by atoms with E-state index in [2.05, 4.69) is 39.0 Å². The largest absolute Gasteiger partial charge is 0.501 e. The third-order valence-electron chi connectivity index (χ3n) is 8.12. The zero-order valence-electron chi connectivity index (χ0n) is 15.3. The van der Waals surface area contributed by atoms with Gasteiger partial charge < -0.3 is 4.74 Å². The van der Waals surface area contributed by atoms with E-state index in [4.69, 9.17) is 4.74 Å². The Bertz CT molecular complexity index is 595. The third kappa shape index (κ3) is 2.04. The molecule has 0 aromatic carbocycles. The van der Waals surface area contributed by atoms with Crippen LogP contribution < -0.4 is 0 Å². The molecule has 0 spiro atoms. The molecule has 4 aliphatic rings. The molecular weight excluding hydrogens is 280 g/mol. The highest BCUT2D eigenvalue weighted by Gasteiger charge is 2.55. The molecule has 0 amide bonds. The van der Waals surface area contributed by atoms with E-state index < -0.39 is 0 Å². The van der Waals surface area contributed by atoms with Gasteiger partial charge in [0.2, 0.25) is 0 Å². The van der Waals surface area contributed by atoms with Crippen LogP contribution in [0.1, 0.15) is 65.7 Å². The Morgan fingerprint density at radius 2 is 1.91 bits per heavy atom. The Morgan fingerprint density at radius 3 is 2.65 bits per heavy atom. The van der Waals surface area contributed by atoms with Crippen molar-refractivity contribution in [2.75, 3.05) is 7.11 Å². The molecule has 0 aromatic heterocycles. The first-order chi connectivity index (χ1) is 11.0. The monoisotopic (exact) mass is 312 g/mol. The average Bonchev–Trinajstić information content (AvgIpc) is 2.90. The second-order valence-corrected chi connectivity index (χ2v) is 8.78. The molecule has 0 aromatic rings. The van der Waals surface area contributed by atoms with Crippen LogP contribution in [-0.4, -0.2) is 7.11 Å². The summed E-state index contributed by atoms with van der Waals surface area (Å²) in [6.45, 7) is 7.47. The van der Waals surface area contributed by atoms with Crippen molar-refractivity contribution >= 4 is 0 Å². The minimum absolute atomic E-state index is 0.390. The molecule has 0 aliphatic heterocycles. The Morgan fingerprint density at radius 1 is 1.09 bits per heavy atom. The van der Waals surface area contributed by atoms with Gasteiger partial charge in [-0.05, 0) is 78.8 Å². The maximum absolute atomic E-state index is 5.55. The van der Waals surface area contributed by atoms with Crippen LogP contribution in [0.3, 0.4) is 0 Å². The highest BCUT2D eigenvalue weighted by molar-refractivity contribution is 5.37. The topological polar surface area (TPSA) is 9.23 Å². The maximum atomic E-state index is 5.55. The van der Waals surface area contributed by atoms with Crippen molar-refractivity contribution in [2.24, 2.45) is 28.6 Å². The van der Waals surface area contributed by atoms with Crippen molar-refractivity contribution in [1.29, 1.82) is 0 Å². The molecule has 4 aliphatic carbocycles. The molecule has 0 heterocycles. The lowest BCUT2D eigenvalue weighted by Gasteiger charge is -2.56. The van der Waals surface area contributed by atoms with Gasteiger partial charge in [-0.15, -0.1) is 0 Å². The molecule has 0 N–H and O–H groups in total. The van der Waals surface area contributed by atoms with Crippen LogP contribution in [0.4, 0.5) is 0 Å². The number of allylic oxidation sites excluding steroid dienone is 6. The van der Waals surface area contributed by atoms with E-state index in [1.165, 1.54) is 44.3 Å². The standard InChI is InChI=1S/C22H32O/c1-5-15-7-9-19-18-8-6-16-14-17(23-4)10-12-22(16,3)20(18)11-13-21(15,19)2/h6-7,14,18-20H,5,8-13H2,1-4H3/t18?,19?,20?,21-,22+/m1/s1. The molecule has 4 rings (SSSR count). The fourth-order valence-corrected chi connectivity index (χ4v) is 6.66. The Labute approximate surface area is 141 Å². The zero-order chi connectivity index (χ0) is 16.2. The van der Waals surface area contributed by atoms with E-state index in [0.717, 1.165) is 24.2 Å². The number of hydrogen-bond donors (Lipinski definition) is 0. The van der Waals surface area contributed by atoms with Crippen LogP contribution in [-0.2, 0) is 4.74 Å². The minimum atomic E-state index is 0.390. The fourth-order valence-electron chi connectivity index (χ4n) is 6.66. The summed E-state index contributed by atoms with van der Waals surface area (Å²) in [6.07, 6.45) is 16.6. The summed E-state index contributed by atoms with van der Waals surface area (Å²) in [5.41, 5.74) is 4.22. The van der Waals surface area contributed by atoms with E-state index >= 15 is 0 Å². The van der Waals surface area contributed by atoms with Crippen molar-refractivity contribution in [3.8, 4) is 0 Å². The summed E-state index contributed by atoms with van der Waals surface area (Å²) in [5, 5.41) is 0. The van der Waals surface area contributed by atoms with Gasteiger partial charge in [-0.3, -0.25) is 0 Å². The molecule has 5 atom stereocenters. The minimum Gasteiger partial charge on any atom is -0.501 e. The highest BCUT2D eigenvalue weighted by Crippen LogP contribution is 2.64.